The van der Waals surface area contributed by atoms with Gasteiger partial charge in [-0.05, 0) is 93.3 Å². The van der Waals surface area contributed by atoms with E-state index in [2.05, 4.69) is 53.9 Å². The van der Waals surface area contributed by atoms with Crippen LogP contribution < -0.4 is 15.5 Å². The molecule has 0 radical (unpaired) electrons. The summed E-state index contributed by atoms with van der Waals surface area (Å²) in [4.78, 5) is 11.9. The van der Waals surface area contributed by atoms with Crippen LogP contribution in [0, 0.1) is 17.3 Å². The van der Waals surface area contributed by atoms with Crippen LogP contribution in [0.5, 0.6) is 5.75 Å². The largest absolute Gasteiger partial charge is 0.507 e. The first-order chi connectivity index (χ1) is 20.1. The normalized spacial score (nSPS) is 19.4. The van der Waals surface area contributed by atoms with Gasteiger partial charge in [-0.15, -0.1) is 10.2 Å². The molecule has 214 valence electrons. The number of phenolic OH excluding ortho intramolecular Hbond substituents is 1. The number of hydrogen-bond acceptors (Lipinski definition) is 8. The first kappa shape index (κ1) is 27.3. The van der Waals surface area contributed by atoms with Crippen LogP contribution >= 0.6 is 0 Å². The standard InChI is InChI=1S/C33H41N7O/c34-32-30(25-29(36-37-32)28-9-3-4-10-31(28)41)40-22-14-33(15-23-40)12-20-39(21-13-33)27-11-16-35-26(24-27)8-7-19-38-17-5-1-2-6-18-38/h3-4,9-11,16,24-25,41H,1-2,5-6,12-15,17-23H2,(H2,34,37). The summed E-state index contributed by atoms with van der Waals surface area (Å²) in [5.41, 5.74) is 11.0. The molecule has 3 aromatic rings. The van der Waals surface area contributed by atoms with Gasteiger partial charge in [-0.3, -0.25) is 4.90 Å². The summed E-state index contributed by atoms with van der Waals surface area (Å²) in [6, 6.07) is 13.5. The highest BCUT2D eigenvalue weighted by atomic mass is 16.3. The molecule has 2 aromatic heterocycles. The average molecular weight is 552 g/mol. The van der Waals surface area contributed by atoms with Gasteiger partial charge in [-0.2, -0.15) is 0 Å². The molecule has 3 aliphatic heterocycles. The maximum absolute atomic E-state index is 10.3. The number of likely N-dealkylation sites (tertiary alicyclic amines) is 1. The molecule has 8 nitrogen and oxygen atoms in total. The summed E-state index contributed by atoms with van der Waals surface area (Å²) >= 11 is 0. The second-order valence-electron chi connectivity index (χ2n) is 11.9. The predicted octanol–water partition coefficient (Wildman–Crippen LogP) is 4.94. The molecule has 5 heterocycles. The number of aromatic hydroxyl groups is 1. The quantitative estimate of drug-likeness (QED) is 0.441. The highest BCUT2D eigenvalue weighted by molar-refractivity contribution is 5.74. The van der Waals surface area contributed by atoms with Gasteiger partial charge in [0.05, 0.1) is 17.9 Å². The molecular formula is C33H41N7O. The Hall–Kier alpha value is -3.83. The lowest BCUT2D eigenvalue weighted by molar-refractivity contribution is 0.167. The molecule has 0 saturated carbocycles. The Kier molecular flexibility index (Phi) is 8.24. The van der Waals surface area contributed by atoms with Crippen LogP contribution in [0.1, 0.15) is 57.1 Å². The number of anilines is 3. The molecule has 0 amide bonds. The van der Waals surface area contributed by atoms with Crippen LogP contribution in [0.4, 0.5) is 17.2 Å². The molecule has 3 saturated heterocycles. The summed E-state index contributed by atoms with van der Waals surface area (Å²) in [5.74, 6) is 7.34. The fourth-order valence-corrected chi connectivity index (χ4v) is 6.65. The minimum atomic E-state index is 0.197. The molecule has 3 aliphatic rings. The van der Waals surface area contributed by atoms with Crippen molar-refractivity contribution in [2.24, 2.45) is 5.41 Å². The number of benzene rings is 1. The van der Waals surface area contributed by atoms with Gasteiger partial charge in [0.1, 0.15) is 11.4 Å². The van der Waals surface area contributed by atoms with Crippen molar-refractivity contribution < 1.29 is 5.11 Å². The zero-order chi connectivity index (χ0) is 28.1. The number of para-hydroxylation sites is 1. The molecule has 0 bridgehead atoms. The number of nitrogen functional groups attached to an aromatic ring is 1. The van der Waals surface area contributed by atoms with Gasteiger partial charge >= 0.3 is 0 Å². The van der Waals surface area contributed by atoms with E-state index in [0.717, 1.165) is 56.9 Å². The average Bonchev–Trinajstić information content (AvgIpc) is 3.28. The van der Waals surface area contributed by atoms with Crippen molar-refractivity contribution in [3.05, 3.63) is 54.4 Å². The highest BCUT2D eigenvalue weighted by Crippen LogP contribution is 2.44. The van der Waals surface area contributed by atoms with Crippen molar-refractivity contribution in [1.82, 2.24) is 20.1 Å². The monoisotopic (exact) mass is 551 g/mol. The molecular weight excluding hydrogens is 510 g/mol. The van der Waals surface area contributed by atoms with Gasteiger partial charge in [0.25, 0.3) is 0 Å². The Morgan fingerprint density at radius 3 is 2.27 bits per heavy atom. The van der Waals surface area contributed by atoms with Crippen molar-refractivity contribution in [3.63, 3.8) is 0 Å². The predicted molar refractivity (Wildman–Crippen MR) is 165 cm³/mol. The van der Waals surface area contributed by atoms with Crippen molar-refractivity contribution in [2.75, 3.05) is 61.3 Å². The van der Waals surface area contributed by atoms with Crippen LogP contribution in [-0.4, -0.2) is 71.0 Å². The molecule has 1 spiro atoms. The summed E-state index contributed by atoms with van der Waals surface area (Å²) in [5, 5.41) is 18.8. The number of pyridine rings is 1. The molecule has 3 fully saturated rings. The number of nitrogens with zero attached hydrogens (tertiary/aromatic N) is 6. The Morgan fingerprint density at radius 1 is 0.829 bits per heavy atom. The highest BCUT2D eigenvalue weighted by Gasteiger charge is 2.38. The Morgan fingerprint density at radius 2 is 1.54 bits per heavy atom. The maximum atomic E-state index is 10.3. The molecule has 3 N–H and O–H groups in total. The molecule has 0 atom stereocenters. The van der Waals surface area contributed by atoms with Crippen LogP contribution in [0.3, 0.4) is 0 Å². The SMILES string of the molecule is Nc1nnc(-c2ccccc2O)cc1N1CCC2(CCN(c3ccnc(C#CCN4CCCCCC4)c3)CC2)CC1. The lowest BCUT2D eigenvalue weighted by atomic mass is 9.71. The Bertz CT molecular complexity index is 1390. The summed E-state index contributed by atoms with van der Waals surface area (Å²) < 4.78 is 0. The molecule has 8 heteroatoms. The first-order valence-electron chi connectivity index (χ1n) is 15.2. The zero-order valence-corrected chi connectivity index (χ0v) is 23.9. The minimum absolute atomic E-state index is 0.197. The number of aromatic nitrogens is 3. The smallest absolute Gasteiger partial charge is 0.169 e. The van der Waals surface area contributed by atoms with E-state index < -0.39 is 0 Å². The Labute approximate surface area is 243 Å². The van der Waals surface area contributed by atoms with Gasteiger partial charge in [-0.1, -0.05) is 30.9 Å². The number of phenols is 1. The van der Waals surface area contributed by atoms with E-state index in [1.807, 2.05) is 24.4 Å². The fourth-order valence-electron chi connectivity index (χ4n) is 6.65. The lowest BCUT2D eigenvalue weighted by Crippen LogP contribution is -2.47. The van der Waals surface area contributed by atoms with Crippen LogP contribution in [0.15, 0.2) is 48.7 Å². The minimum Gasteiger partial charge on any atom is -0.507 e. The molecule has 1 aromatic carbocycles. The molecule has 0 unspecified atom stereocenters. The van der Waals surface area contributed by atoms with E-state index in [0.29, 0.717) is 22.5 Å². The Balaban J connectivity index is 1.05. The van der Waals surface area contributed by atoms with Gasteiger partial charge in [-0.25, -0.2) is 4.98 Å². The van der Waals surface area contributed by atoms with Crippen molar-refractivity contribution >= 4 is 17.2 Å². The number of hydrogen-bond donors (Lipinski definition) is 2. The van der Waals surface area contributed by atoms with Crippen LogP contribution in [0.2, 0.25) is 0 Å². The maximum Gasteiger partial charge on any atom is 0.169 e. The van der Waals surface area contributed by atoms with E-state index in [1.165, 1.54) is 57.3 Å². The number of rotatable bonds is 4. The van der Waals surface area contributed by atoms with Crippen molar-refractivity contribution in [2.45, 2.75) is 51.4 Å². The summed E-state index contributed by atoms with van der Waals surface area (Å²) in [6.07, 6.45) is 11.8. The van der Waals surface area contributed by atoms with Gasteiger partial charge in [0.2, 0.25) is 0 Å². The van der Waals surface area contributed by atoms with Crippen molar-refractivity contribution in [3.8, 4) is 28.8 Å². The molecule has 0 aliphatic carbocycles. The van der Waals surface area contributed by atoms with Gasteiger partial charge < -0.3 is 20.6 Å². The van der Waals surface area contributed by atoms with E-state index in [-0.39, 0.29) is 5.75 Å². The van der Waals surface area contributed by atoms with E-state index >= 15 is 0 Å². The second-order valence-corrected chi connectivity index (χ2v) is 11.9. The van der Waals surface area contributed by atoms with Crippen molar-refractivity contribution in [1.29, 1.82) is 0 Å². The fraction of sp³-hybridized carbons (Fsp3) is 0.485. The first-order valence-corrected chi connectivity index (χ1v) is 15.2. The third-order valence-electron chi connectivity index (χ3n) is 9.30. The van der Waals surface area contributed by atoms with Crippen LogP contribution in [-0.2, 0) is 0 Å². The van der Waals surface area contributed by atoms with E-state index in [9.17, 15) is 5.11 Å². The van der Waals surface area contributed by atoms with Crippen LogP contribution in [0.25, 0.3) is 11.3 Å². The summed E-state index contributed by atoms with van der Waals surface area (Å²) in [6.45, 7) is 7.18. The number of piperidine rings is 2. The van der Waals surface area contributed by atoms with E-state index in [1.54, 1.807) is 12.1 Å². The summed E-state index contributed by atoms with van der Waals surface area (Å²) in [7, 11) is 0. The zero-order valence-electron chi connectivity index (χ0n) is 23.9. The molecule has 6 rings (SSSR count). The second kappa shape index (κ2) is 12.4. The third-order valence-corrected chi connectivity index (χ3v) is 9.30. The topological polar surface area (TPSA) is 94.6 Å². The number of nitrogens with two attached hydrogens (primary N) is 1. The van der Waals surface area contributed by atoms with Gasteiger partial charge in [0, 0.05) is 43.6 Å². The van der Waals surface area contributed by atoms with E-state index in [4.69, 9.17) is 5.73 Å². The lowest BCUT2D eigenvalue weighted by Gasteiger charge is -2.48. The van der Waals surface area contributed by atoms with Gasteiger partial charge in [0.15, 0.2) is 5.82 Å². The third kappa shape index (κ3) is 6.41. The molecule has 41 heavy (non-hydrogen) atoms.